The SMILES string of the molecule is CCOC(=O)c1coc(NCC2(SC)CCCC2)n1. The summed E-state index contributed by atoms with van der Waals surface area (Å²) in [5.74, 6) is -0.445. The van der Waals surface area contributed by atoms with E-state index in [0.717, 1.165) is 6.54 Å². The van der Waals surface area contributed by atoms with E-state index >= 15 is 0 Å². The van der Waals surface area contributed by atoms with E-state index in [0.29, 0.717) is 12.6 Å². The third kappa shape index (κ3) is 3.43. The molecule has 1 aromatic rings. The van der Waals surface area contributed by atoms with Gasteiger partial charge in [-0.1, -0.05) is 12.8 Å². The Balaban J connectivity index is 1.91. The highest BCUT2D eigenvalue weighted by atomic mass is 32.2. The van der Waals surface area contributed by atoms with E-state index < -0.39 is 5.97 Å². The molecule has 0 aromatic carbocycles. The molecule has 0 aliphatic heterocycles. The van der Waals surface area contributed by atoms with E-state index in [9.17, 15) is 4.79 Å². The molecule has 0 atom stereocenters. The molecule has 0 radical (unpaired) electrons. The zero-order valence-corrected chi connectivity index (χ0v) is 12.2. The second-order valence-electron chi connectivity index (χ2n) is 4.71. The molecule has 0 saturated heterocycles. The smallest absolute Gasteiger partial charge is 0.360 e. The first-order valence-corrected chi connectivity index (χ1v) is 7.83. The Morgan fingerprint density at radius 1 is 1.58 bits per heavy atom. The van der Waals surface area contributed by atoms with Crippen LogP contribution in [0.3, 0.4) is 0 Å². The number of carbonyl (C=O) groups is 1. The molecule has 0 bridgehead atoms. The zero-order valence-electron chi connectivity index (χ0n) is 11.4. The van der Waals surface area contributed by atoms with Crippen molar-refractivity contribution >= 4 is 23.7 Å². The van der Waals surface area contributed by atoms with Crippen LogP contribution >= 0.6 is 11.8 Å². The van der Waals surface area contributed by atoms with Crippen molar-refractivity contribution in [3.8, 4) is 0 Å². The van der Waals surface area contributed by atoms with Gasteiger partial charge in [-0.3, -0.25) is 0 Å². The third-order valence-electron chi connectivity index (χ3n) is 3.50. The number of aromatic nitrogens is 1. The molecule has 19 heavy (non-hydrogen) atoms. The second kappa shape index (κ2) is 6.32. The minimum absolute atomic E-state index is 0.217. The lowest BCUT2D eigenvalue weighted by molar-refractivity contribution is 0.0519. The predicted molar refractivity (Wildman–Crippen MR) is 75.7 cm³/mol. The second-order valence-corrected chi connectivity index (χ2v) is 5.98. The van der Waals surface area contributed by atoms with Gasteiger partial charge in [0.15, 0.2) is 5.69 Å². The van der Waals surface area contributed by atoms with Gasteiger partial charge in [-0.2, -0.15) is 16.7 Å². The topological polar surface area (TPSA) is 64.4 Å². The highest BCUT2D eigenvalue weighted by Crippen LogP contribution is 2.40. The standard InChI is InChI=1S/C13H20N2O3S/c1-3-17-11(16)10-8-18-12(15-10)14-9-13(19-2)6-4-5-7-13/h8H,3-7,9H2,1-2H3,(H,14,15). The Morgan fingerprint density at radius 2 is 2.32 bits per heavy atom. The van der Waals surface area contributed by atoms with E-state index in [1.165, 1.54) is 31.9 Å². The van der Waals surface area contributed by atoms with Crippen molar-refractivity contribution in [2.75, 3.05) is 24.7 Å². The summed E-state index contributed by atoms with van der Waals surface area (Å²) in [6.45, 7) is 2.92. The van der Waals surface area contributed by atoms with E-state index in [1.807, 2.05) is 11.8 Å². The highest BCUT2D eigenvalue weighted by Gasteiger charge is 2.33. The number of hydrogen-bond acceptors (Lipinski definition) is 6. The molecule has 1 aliphatic carbocycles. The molecule has 1 aromatic heterocycles. The van der Waals surface area contributed by atoms with Gasteiger partial charge < -0.3 is 14.5 Å². The number of rotatable bonds is 6. The lowest BCUT2D eigenvalue weighted by Gasteiger charge is -2.26. The third-order valence-corrected chi connectivity index (χ3v) is 4.92. The van der Waals surface area contributed by atoms with Crippen LogP contribution in [0.15, 0.2) is 10.7 Å². The molecular weight excluding hydrogens is 264 g/mol. The van der Waals surface area contributed by atoms with Crippen LogP contribution in [-0.2, 0) is 4.74 Å². The van der Waals surface area contributed by atoms with E-state index in [1.54, 1.807) is 6.92 Å². The molecular formula is C13H20N2O3S. The number of thioether (sulfide) groups is 1. The first-order chi connectivity index (χ1) is 9.19. The monoisotopic (exact) mass is 284 g/mol. The first kappa shape index (κ1) is 14.2. The lowest BCUT2D eigenvalue weighted by atomic mass is 10.1. The average Bonchev–Trinajstić information content (AvgIpc) is 3.07. The number of carbonyl (C=O) groups excluding carboxylic acids is 1. The number of ether oxygens (including phenoxy) is 1. The van der Waals surface area contributed by atoms with Gasteiger partial charge in [-0.05, 0) is 26.0 Å². The quantitative estimate of drug-likeness (QED) is 0.810. The molecule has 1 aliphatic rings. The number of oxazole rings is 1. The molecule has 2 rings (SSSR count). The number of nitrogens with zero attached hydrogens (tertiary/aromatic N) is 1. The predicted octanol–water partition coefficient (Wildman–Crippen LogP) is 2.94. The molecule has 1 saturated carbocycles. The number of hydrogen-bond donors (Lipinski definition) is 1. The fourth-order valence-corrected chi connectivity index (χ4v) is 3.28. The van der Waals surface area contributed by atoms with E-state index in [4.69, 9.17) is 9.15 Å². The van der Waals surface area contributed by atoms with Gasteiger partial charge in [0.25, 0.3) is 6.01 Å². The van der Waals surface area contributed by atoms with E-state index in [2.05, 4.69) is 16.6 Å². The summed E-state index contributed by atoms with van der Waals surface area (Å²) >= 11 is 1.90. The minimum Gasteiger partial charge on any atom is -0.461 e. The van der Waals surface area contributed by atoms with Crippen LogP contribution in [0.1, 0.15) is 43.1 Å². The van der Waals surface area contributed by atoms with Crippen molar-refractivity contribution in [3.63, 3.8) is 0 Å². The average molecular weight is 284 g/mol. The summed E-state index contributed by atoms with van der Waals surface area (Å²) < 4.78 is 10.4. The first-order valence-electron chi connectivity index (χ1n) is 6.61. The Labute approximate surface area is 117 Å². The molecule has 1 fully saturated rings. The molecule has 5 nitrogen and oxygen atoms in total. The largest absolute Gasteiger partial charge is 0.461 e. The molecule has 1 heterocycles. The van der Waals surface area contributed by atoms with Crippen molar-refractivity contribution in [1.29, 1.82) is 0 Å². The van der Waals surface area contributed by atoms with Crippen LogP contribution in [0.4, 0.5) is 6.01 Å². The molecule has 0 amide bonds. The van der Waals surface area contributed by atoms with Crippen molar-refractivity contribution in [2.45, 2.75) is 37.4 Å². The highest BCUT2D eigenvalue weighted by molar-refractivity contribution is 8.00. The molecule has 1 N–H and O–H groups in total. The van der Waals surface area contributed by atoms with Gasteiger partial charge in [0.2, 0.25) is 0 Å². The van der Waals surface area contributed by atoms with Crippen molar-refractivity contribution in [1.82, 2.24) is 4.98 Å². The summed E-state index contributed by atoms with van der Waals surface area (Å²) in [6.07, 6.45) is 8.47. The molecule has 0 unspecified atom stereocenters. The zero-order chi connectivity index (χ0) is 13.7. The number of anilines is 1. The van der Waals surface area contributed by atoms with Gasteiger partial charge in [0.1, 0.15) is 6.26 Å². The van der Waals surface area contributed by atoms with Crippen LogP contribution in [-0.4, -0.2) is 35.1 Å². The number of nitrogens with one attached hydrogen (secondary N) is 1. The van der Waals surface area contributed by atoms with Gasteiger partial charge in [-0.25, -0.2) is 4.79 Å². The van der Waals surface area contributed by atoms with Crippen molar-refractivity contribution < 1.29 is 13.9 Å². The van der Waals surface area contributed by atoms with Crippen LogP contribution in [0.5, 0.6) is 0 Å². The summed E-state index contributed by atoms with van der Waals surface area (Å²) in [5, 5.41) is 3.19. The lowest BCUT2D eigenvalue weighted by Crippen LogP contribution is -2.30. The van der Waals surface area contributed by atoms with Gasteiger partial charge in [-0.15, -0.1) is 0 Å². The Morgan fingerprint density at radius 3 is 2.95 bits per heavy atom. The van der Waals surface area contributed by atoms with Crippen LogP contribution in [0.25, 0.3) is 0 Å². The van der Waals surface area contributed by atoms with Crippen molar-refractivity contribution in [3.05, 3.63) is 12.0 Å². The maximum atomic E-state index is 11.5. The maximum absolute atomic E-state index is 11.5. The molecule has 106 valence electrons. The van der Waals surface area contributed by atoms with Crippen LogP contribution < -0.4 is 5.32 Å². The Hall–Kier alpha value is -1.17. The summed E-state index contributed by atoms with van der Waals surface area (Å²) in [6, 6.07) is 0.392. The fourth-order valence-electron chi connectivity index (χ4n) is 2.36. The van der Waals surface area contributed by atoms with Crippen LogP contribution in [0, 0.1) is 0 Å². The van der Waals surface area contributed by atoms with Gasteiger partial charge >= 0.3 is 5.97 Å². The molecule has 6 heteroatoms. The summed E-state index contributed by atoms with van der Waals surface area (Å²) in [4.78, 5) is 15.6. The Kier molecular flexibility index (Phi) is 4.74. The normalized spacial score (nSPS) is 17.4. The van der Waals surface area contributed by atoms with Gasteiger partial charge in [0, 0.05) is 11.3 Å². The molecule has 0 spiro atoms. The fraction of sp³-hybridized carbons (Fsp3) is 0.692. The Bertz CT molecular complexity index is 427. The van der Waals surface area contributed by atoms with Crippen LogP contribution in [0.2, 0.25) is 0 Å². The summed E-state index contributed by atoms with van der Waals surface area (Å²) in [5.41, 5.74) is 0.217. The minimum atomic E-state index is -0.445. The number of esters is 1. The van der Waals surface area contributed by atoms with E-state index in [-0.39, 0.29) is 10.4 Å². The summed E-state index contributed by atoms with van der Waals surface area (Å²) in [7, 11) is 0. The van der Waals surface area contributed by atoms with Crippen molar-refractivity contribution in [2.24, 2.45) is 0 Å². The van der Waals surface area contributed by atoms with Gasteiger partial charge in [0.05, 0.1) is 6.61 Å². The maximum Gasteiger partial charge on any atom is 0.360 e.